The third kappa shape index (κ3) is 4.36. The lowest BCUT2D eigenvalue weighted by Gasteiger charge is -2.38. The Morgan fingerprint density at radius 3 is 2.74 bits per heavy atom. The first-order valence-electron chi connectivity index (χ1n) is 11.2. The number of nitrogens with one attached hydrogen (secondary N) is 2. The Morgan fingerprint density at radius 2 is 2.03 bits per heavy atom. The molecule has 1 aromatic carbocycles. The lowest BCUT2D eigenvalue weighted by molar-refractivity contribution is -0.127. The molecule has 1 amide bonds. The van der Waals surface area contributed by atoms with Crippen LogP contribution in [0.2, 0.25) is 5.02 Å². The number of carbonyl (C=O) groups excluding carboxylic acids is 1. The molecule has 3 aromatic heterocycles. The predicted molar refractivity (Wildman–Crippen MR) is 130 cm³/mol. The number of fused-ring (bicyclic) bond motifs is 1. The lowest BCUT2D eigenvalue weighted by atomic mass is 9.87. The number of benzene rings is 1. The maximum absolute atomic E-state index is 13.2. The fourth-order valence-electron chi connectivity index (χ4n) is 4.45. The molecule has 0 radical (unpaired) electrons. The van der Waals surface area contributed by atoms with E-state index < -0.39 is 5.54 Å². The van der Waals surface area contributed by atoms with E-state index in [1.165, 1.54) is 0 Å². The van der Waals surface area contributed by atoms with Crippen LogP contribution in [-0.2, 0) is 4.79 Å². The van der Waals surface area contributed by atoms with Crippen molar-refractivity contribution in [2.75, 3.05) is 24.5 Å². The van der Waals surface area contributed by atoms with Gasteiger partial charge in [-0.25, -0.2) is 9.97 Å². The molecule has 1 aliphatic rings. The Balaban J connectivity index is 1.27. The van der Waals surface area contributed by atoms with Gasteiger partial charge in [0.2, 0.25) is 5.91 Å². The van der Waals surface area contributed by atoms with Crippen LogP contribution in [0.3, 0.4) is 0 Å². The fraction of sp³-hybridized carbons (Fsp3) is 0.333. The Bertz CT molecular complexity index is 1290. The van der Waals surface area contributed by atoms with Gasteiger partial charge in [0.1, 0.15) is 23.6 Å². The number of aromatic nitrogens is 4. The van der Waals surface area contributed by atoms with Crippen molar-refractivity contribution < 1.29 is 9.32 Å². The smallest absolute Gasteiger partial charge is 0.240 e. The minimum atomic E-state index is -0.956. The molecule has 5 rings (SSSR count). The number of aryl methyl sites for hydroxylation is 1. The van der Waals surface area contributed by atoms with Crippen molar-refractivity contribution in [2.24, 2.45) is 5.73 Å². The summed E-state index contributed by atoms with van der Waals surface area (Å²) in [6.45, 7) is 3.46. The van der Waals surface area contributed by atoms with Gasteiger partial charge < -0.3 is 25.5 Å². The molecule has 176 valence electrons. The molecule has 4 aromatic rings. The van der Waals surface area contributed by atoms with E-state index in [1.54, 1.807) is 6.33 Å². The Hall–Kier alpha value is -3.43. The van der Waals surface area contributed by atoms with Gasteiger partial charge in [0.15, 0.2) is 0 Å². The van der Waals surface area contributed by atoms with E-state index in [2.05, 4.69) is 30.3 Å². The average molecular weight is 480 g/mol. The number of amides is 1. The molecule has 9 nitrogen and oxygen atoms in total. The molecule has 0 aliphatic carbocycles. The van der Waals surface area contributed by atoms with Crippen molar-refractivity contribution in [3.63, 3.8) is 0 Å². The number of aromatic amines is 1. The molecular formula is C24H26ClN7O2. The summed E-state index contributed by atoms with van der Waals surface area (Å²) in [7, 11) is 0. The minimum Gasteiger partial charge on any atom is -0.360 e. The maximum atomic E-state index is 13.2. The van der Waals surface area contributed by atoms with Gasteiger partial charge in [-0.2, -0.15) is 0 Å². The number of nitrogens with two attached hydrogens (primary N) is 1. The molecule has 0 unspecified atom stereocenters. The summed E-state index contributed by atoms with van der Waals surface area (Å²) in [6.07, 6.45) is 4.43. The number of carbonyl (C=O) groups is 1. The number of rotatable bonds is 6. The number of hydrogen-bond donors (Lipinski definition) is 3. The van der Waals surface area contributed by atoms with Crippen LogP contribution >= 0.6 is 11.6 Å². The fourth-order valence-corrected chi connectivity index (χ4v) is 4.58. The summed E-state index contributed by atoms with van der Waals surface area (Å²) < 4.78 is 5.52. The topological polar surface area (TPSA) is 126 Å². The largest absolute Gasteiger partial charge is 0.360 e. The molecule has 1 saturated heterocycles. The van der Waals surface area contributed by atoms with Gasteiger partial charge in [-0.1, -0.05) is 28.9 Å². The van der Waals surface area contributed by atoms with Gasteiger partial charge in [0.25, 0.3) is 0 Å². The quantitative estimate of drug-likeness (QED) is 0.387. The monoisotopic (exact) mass is 479 g/mol. The van der Waals surface area contributed by atoms with E-state index >= 15 is 0 Å². The summed E-state index contributed by atoms with van der Waals surface area (Å²) >= 11 is 6.06. The highest BCUT2D eigenvalue weighted by Gasteiger charge is 2.38. The lowest BCUT2D eigenvalue weighted by Crippen LogP contribution is -2.60. The van der Waals surface area contributed by atoms with Crippen molar-refractivity contribution in [2.45, 2.75) is 31.2 Å². The van der Waals surface area contributed by atoms with E-state index in [4.69, 9.17) is 21.9 Å². The van der Waals surface area contributed by atoms with Crippen LogP contribution in [0.1, 0.15) is 35.8 Å². The highest BCUT2D eigenvalue weighted by Crippen LogP contribution is 2.29. The zero-order valence-corrected chi connectivity index (χ0v) is 19.5. The first-order chi connectivity index (χ1) is 16.4. The Morgan fingerprint density at radius 1 is 1.26 bits per heavy atom. The van der Waals surface area contributed by atoms with Crippen molar-refractivity contribution >= 4 is 34.4 Å². The van der Waals surface area contributed by atoms with Crippen molar-refractivity contribution in [3.8, 4) is 0 Å². The highest BCUT2D eigenvalue weighted by atomic mass is 35.5. The summed E-state index contributed by atoms with van der Waals surface area (Å²) in [5.41, 5.74) is 8.19. The number of H-pyrrole nitrogens is 1. The van der Waals surface area contributed by atoms with E-state index in [9.17, 15) is 4.79 Å². The molecule has 4 heterocycles. The number of anilines is 1. The summed E-state index contributed by atoms with van der Waals surface area (Å²) in [4.78, 5) is 27.2. The molecule has 1 atom stereocenters. The van der Waals surface area contributed by atoms with Crippen molar-refractivity contribution in [1.82, 2.24) is 25.4 Å². The van der Waals surface area contributed by atoms with Gasteiger partial charge in [0, 0.05) is 36.9 Å². The number of nitrogens with zero attached hydrogens (tertiary/aromatic N) is 4. The van der Waals surface area contributed by atoms with Gasteiger partial charge in [-0.05, 0) is 43.5 Å². The molecular weight excluding hydrogens is 454 g/mol. The van der Waals surface area contributed by atoms with Crippen LogP contribution in [0.25, 0.3) is 11.0 Å². The Labute approximate surface area is 201 Å². The summed E-state index contributed by atoms with van der Waals surface area (Å²) in [5, 5.41) is 8.68. The van der Waals surface area contributed by atoms with Crippen LogP contribution < -0.4 is 16.0 Å². The molecule has 34 heavy (non-hydrogen) atoms. The zero-order valence-electron chi connectivity index (χ0n) is 18.8. The Kier molecular flexibility index (Phi) is 5.97. The molecule has 0 bridgehead atoms. The third-order valence-corrected chi connectivity index (χ3v) is 6.72. The van der Waals surface area contributed by atoms with Crippen LogP contribution in [0.4, 0.5) is 5.82 Å². The van der Waals surface area contributed by atoms with E-state index in [0.29, 0.717) is 43.3 Å². The number of halogens is 1. The van der Waals surface area contributed by atoms with Crippen LogP contribution in [0.5, 0.6) is 0 Å². The first-order valence-corrected chi connectivity index (χ1v) is 11.6. The van der Waals surface area contributed by atoms with Crippen LogP contribution in [-0.4, -0.2) is 51.2 Å². The molecule has 0 saturated carbocycles. The second-order valence-electron chi connectivity index (χ2n) is 8.77. The third-order valence-electron chi connectivity index (χ3n) is 6.47. The maximum Gasteiger partial charge on any atom is 0.240 e. The standard InChI is InChI=1S/C24H26ClN7O2/c1-15-12-20(34-31-15)19(16-2-4-17(25)5-3-16)13-28-23(33)24(26)7-10-32(11-8-24)22-18-6-9-27-21(18)29-14-30-22/h2-6,9,12,14,19H,7-8,10-11,13,26H2,1H3,(H,28,33)(H,27,29,30)/t19-/m0/s1. The van der Waals surface area contributed by atoms with E-state index in [-0.39, 0.29) is 11.8 Å². The number of hydrogen-bond acceptors (Lipinski definition) is 7. The van der Waals surface area contributed by atoms with Gasteiger partial charge >= 0.3 is 0 Å². The molecule has 1 aliphatic heterocycles. The second-order valence-corrected chi connectivity index (χ2v) is 9.20. The average Bonchev–Trinajstić information content (AvgIpc) is 3.50. The SMILES string of the molecule is Cc1cc([C@@H](CNC(=O)C2(N)CCN(c3ncnc4[nH]ccc34)CC2)c2ccc(Cl)cc2)on1. The number of piperidine rings is 1. The van der Waals surface area contributed by atoms with Gasteiger partial charge in [-0.15, -0.1) is 0 Å². The van der Waals surface area contributed by atoms with Crippen molar-refractivity contribution in [3.05, 3.63) is 71.0 Å². The molecule has 1 fully saturated rings. The van der Waals surface area contributed by atoms with Crippen molar-refractivity contribution in [1.29, 1.82) is 0 Å². The van der Waals surface area contributed by atoms with Gasteiger partial charge in [-0.3, -0.25) is 4.79 Å². The van der Waals surface area contributed by atoms with Crippen LogP contribution in [0.15, 0.2) is 53.4 Å². The van der Waals surface area contributed by atoms with Gasteiger partial charge in [0.05, 0.1) is 22.5 Å². The summed E-state index contributed by atoms with van der Waals surface area (Å²) in [6, 6.07) is 11.3. The first kappa shape index (κ1) is 22.4. The second kappa shape index (κ2) is 9.08. The van der Waals surface area contributed by atoms with E-state index in [0.717, 1.165) is 28.1 Å². The normalized spacial score (nSPS) is 16.5. The van der Waals surface area contributed by atoms with E-state index in [1.807, 2.05) is 49.5 Å². The minimum absolute atomic E-state index is 0.170. The molecule has 0 spiro atoms. The zero-order chi connectivity index (χ0) is 23.7. The molecule has 4 N–H and O–H groups in total. The highest BCUT2D eigenvalue weighted by molar-refractivity contribution is 6.30. The predicted octanol–water partition coefficient (Wildman–Crippen LogP) is 3.15. The van der Waals surface area contributed by atoms with Crippen LogP contribution in [0, 0.1) is 6.92 Å². The molecule has 10 heteroatoms. The summed E-state index contributed by atoms with van der Waals surface area (Å²) in [5.74, 6) is 1.17.